The molecule has 0 fully saturated rings. The molecule has 0 heterocycles. The molecule has 0 bridgehead atoms. The van der Waals surface area contributed by atoms with Crippen LogP contribution in [0.4, 0.5) is 4.79 Å². The fraction of sp³-hybridized carbons (Fsp3) is 0.200. The van der Waals surface area contributed by atoms with Gasteiger partial charge in [-0.25, -0.2) is 4.79 Å². The van der Waals surface area contributed by atoms with E-state index >= 15 is 0 Å². The number of para-hydroxylation sites is 1. The Labute approximate surface area is 102 Å². The Morgan fingerprint density at radius 1 is 1.33 bits per heavy atom. The van der Waals surface area contributed by atoms with Gasteiger partial charge in [0, 0.05) is 14.1 Å². The third kappa shape index (κ3) is 4.28. The smallest absolute Gasteiger partial charge is 0.409 e. The van der Waals surface area contributed by atoms with Crippen LogP contribution in [0.15, 0.2) is 35.3 Å². The molecule has 0 aliphatic rings. The number of carbonyl (C=O) groups excluding carboxylic acids is 1. The summed E-state index contributed by atoms with van der Waals surface area (Å²) in [7, 11) is 3.61. The van der Waals surface area contributed by atoms with Crippen LogP contribution in [0, 0.1) is 0 Å². The van der Waals surface area contributed by atoms with Crippen molar-refractivity contribution < 1.29 is 9.53 Å². The van der Waals surface area contributed by atoms with E-state index in [1.54, 1.807) is 43.3 Å². The second-order valence-corrected chi connectivity index (χ2v) is 3.92. The van der Waals surface area contributed by atoms with E-state index < -0.39 is 6.09 Å². The summed E-state index contributed by atoms with van der Waals surface area (Å²) in [4.78, 5) is 16.8. The van der Waals surface area contributed by atoms with Crippen LogP contribution in [0.5, 0.6) is 5.75 Å². The Balaban J connectivity index is 2.61. The van der Waals surface area contributed by atoms with Gasteiger partial charge in [0.25, 0.3) is 0 Å². The van der Waals surface area contributed by atoms with Gasteiger partial charge in [-0.2, -0.15) is 4.99 Å². The van der Waals surface area contributed by atoms with Crippen molar-refractivity contribution in [3.63, 3.8) is 0 Å². The molecule has 0 radical (unpaired) electrons. The molecule has 0 aliphatic heterocycles. The van der Waals surface area contributed by atoms with Gasteiger partial charge >= 0.3 is 6.09 Å². The van der Waals surface area contributed by atoms with E-state index in [9.17, 15) is 4.79 Å². The van der Waals surface area contributed by atoms with E-state index in [1.807, 2.05) is 28.7 Å². The van der Waals surface area contributed by atoms with E-state index in [2.05, 4.69) is 4.99 Å². The minimum Gasteiger partial charge on any atom is -0.409 e. The first-order chi connectivity index (χ1) is 7.09. The monoisotopic (exact) mass is 318 g/mol. The highest BCUT2D eigenvalue weighted by atomic mass is 127. The summed E-state index contributed by atoms with van der Waals surface area (Å²) >= 11 is 1.96. The molecule has 80 valence electrons. The van der Waals surface area contributed by atoms with Gasteiger partial charge in [0.2, 0.25) is 0 Å². The van der Waals surface area contributed by atoms with Crippen LogP contribution in [0.2, 0.25) is 0 Å². The summed E-state index contributed by atoms with van der Waals surface area (Å²) < 4.78 is 5.55. The summed E-state index contributed by atoms with van der Waals surface area (Å²) in [6, 6.07) is 8.85. The molecule has 0 aliphatic carbocycles. The first-order valence-electron chi connectivity index (χ1n) is 4.28. The second-order valence-electron chi connectivity index (χ2n) is 2.96. The number of nitrogens with zero attached hydrogens (tertiary/aromatic N) is 2. The third-order valence-electron chi connectivity index (χ3n) is 1.50. The Kier molecular flexibility index (Phi) is 4.54. The molecule has 0 aromatic heterocycles. The molecule has 5 heteroatoms. The first kappa shape index (κ1) is 12.0. The van der Waals surface area contributed by atoms with E-state index in [0.717, 1.165) is 0 Å². The van der Waals surface area contributed by atoms with Gasteiger partial charge in [0.05, 0.1) is 0 Å². The summed E-state index contributed by atoms with van der Waals surface area (Å²) in [6.45, 7) is 0. The molecule has 0 spiro atoms. The first-order valence-corrected chi connectivity index (χ1v) is 5.36. The number of aliphatic imine (C=N–C) groups is 1. The number of amides is 1. The van der Waals surface area contributed by atoms with Crippen molar-refractivity contribution in [1.29, 1.82) is 0 Å². The van der Waals surface area contributed by atoms with Crippen LogP contribution in [-0.2, 0) is 0 Å². The number of benzene rings is 1. The van der Waals surface area contributed by atoms with E-state index in [-0.39, 0.29) is 0 Å². The van der Waals surface area contributed by atoms with Gasteiger partial charge in [0.15, 0.2) is 3.84 Å². The molecule has 4 nitrogen and oxygen atoms in total. The highest BCUT2D eigenvalue weighted by Gasteiger charge is 2.04. The maximum Gasteiger partial charge on any atom is 0.441 e. The molecule has 1 rings (SSSR count). The molecular weight excluding hydrogens is 307 g/mol. The largest absolute Gasteiger partial charge is 0.441 e. The zero-order valence-electron chi connectivity index (χ0n) is 8.48. The van der Waals surface area contributed by atoms with Crippen molar-refractivity contribution >= 4 is 32.5 Å². The summed E-state index contributed by atoms with van der Waals surface area (Å²) in [5, 5.41) is 0. The van der Waals surface area contributed by atoms with E-state index in [0.29, 0.717) is 9.59 Å². The van der Waals surface area contributed by atoms with Crippen LogP contribution in [0.25, 0.3) is 0 Å². The Morgan fingerprint density at radius 2 is 1.93 bits per heavy atom. The zero-order valence-corrected chi connectivity index (χ0v) is 10.6. The minimum atomic E-state index is -0.612. The Morgan fingerprint density at radius 3 is 2.47 bits per heavy atom. The van der Waals surface area contributed by atoms with Crippen LogP contribution >= 0.6 is 22.6 Å². The van der Waals surface area contributed by atoms with Gasteiger partial charge in [-0.3, -0.25) is 0 Å². The number of hydrogen-bond donors (Lipinski definition) is 0. The van der Waals surface area contributed by atoms with Crippen molar-refractivity contribution in [3.05, 3.63) is 30.3 Å². The maximum atomic E-state index is 11.3. The average Bonchev–Trinajstić information content (AvgIpc) is 2.18. The summed E-state index contributed by atoms with van der Waals surface area (Å²) in [5.41, 5.74) is 0. The molecule has 0 saturated heterocycles. The number of amidine groups is 1. The number of carbonyl (C=O) groups is 1. The van der Waals surface area contributed by atoms with Gasteiger partial charge in [-0.1, -0.05) is 18.2 Å². The highest BCUT2D eigenvalue weighted by molar-refractivity contribution is 14.1. The third-order valence-corrected chi connectivity index (χ3v) is 2.71. The van der Waals surface area contributed by atoms with Crippen molar-refractivity contribution in [2.45, 2.75) is 0 Å². The summed E-state index contributed by atoms with van der Waals surface area (Å²) in [6.07, 6.45) is -0.612. The second kappa shape index (κ2) is 5.69. The molecule has 0 N–H and O–H groups in total. The van der Waals surface area contributed by atoms with E-state index in [4.69, 9.17) is 4.74 Å². The topological polar surface area (TPSA) is 41.9 Å². The van der Waals surface area contributed by atoms with Gasteiger partial charge < -0.3 is 9.64 Å². The predicted molar refractivity (Wildman–Crippen MR) is 67.6 cm³/mol. The number of halogens is 1. The van der Waals surface area contributed by atoms with Crippen LogP contribution in [-0.4, -0.2) is 28.9 Å². The lowest BCUT2D eigenvalue weighted by Gasteiger charge is -2.08. The normalized spacial score (nSPS) is 11.0. The standard InChI is InChI=1S/C10H11IN2O2/c1-13(2)9(11)12-10(14)15-8-6-4-3-5-7-8/h3-7H,1-2H3. The highest BCUT2D eigenvalue weighted by Crippen LogP contribution is 2.09. The quantitative estimate of drug-likeness (QED) is 0.346. The molecule has 1 aromatic rings. The molecule has 0 saturated carbocycles. The van der Waals surface area contributed by atoms with E-state index in [1.165, 1.54) is 0 Å². The van der Waals surface area contributed by atoms with Crippen molar-refractivity contribution in [1.82, 2.24) is 4.90 Å². The van der Waals surface area contributed by atoms with Crippen molar-refractivity contribution in [2.75, 3.05) is 14.1 Å². The Hall–Kier alpha value is -1.11. The molecule has 0 unspecified atom stereocenters. The molecule has 1 amide bonds. The fourth-order valence-electron chi connectivity index (χ4n) is 0.788. The molecule has 0 atom stereocenters. The number of hydrogen-bond acceptors (Lipinski definition) is 2. The van der Waals surface area contributed by atoms with Crippen LogP contribution in [0.3, 0.4) is 0 Å². The summed E-state index contributed by atoms with van der Waals surface area (Å²) in [5.74, 6) is 0.495. The van der Waals surface area contributed by atoms with Gasteiger partial charge in [0.1, 0.15) is 5.75 Å². The minimum absolute atomic E-state index is 0.495. The average molecular weight is 318 g/mol. The molecule has 1 aromatic carbocycles. The van der Waals surface area contributed by atoms with Gasteiger partial charge in [-0.05, 0) is 34.7 Å². The number of rotatable bonds is 1. The lowest BCUT2D eigenvalue weighted by atomic mass is 10.3. The lowest BCUT2D eigenvalue weighted by Crippen LogP contribution is -2.18. The maximum absolute atomic E-state index is 11.3. The van der Waals surface area contributed by atoms with Crippen molar-refractivity contribution in [3.8, 4) is 5.75 Å². The Bertz CT molecular complexity index is 363. The molecule has 15 heavy (non-hydrogen) atoms. The SMILES string of the molecule is CN(C)C(I)=NC(=O)Oc1ccccc1. The fourth-order valence-corrected chi connectivity index (χ4v) is 0.984. The lowest BCUT2D eigenvalue weighted by molar-refractivity contribution is 0.211. The predicted octanol–water partition coefficient (Wildman–Crippen LogP) is 2.54. The van der Waals surface area contributed by atoms with Crippen LogP contribution in [0.1, 0.15) is 0 Å². The van der Waals surface area contributed by atoms with Crippen molar-refractivity contribution in [2.24, 2.45) is 4.99 Å². The zero-order chi connectivity index (χ0) is 11.3. The molecular formula is C10H11IN2O2. The van der Waals surface area contributed by atoms with Gasteiger partial charge in [-0.15, -0.1) is 0 Å². The number of ether oxygens (including phenoxy) is 1. The van der Waals surface area contributed by atoms with Crippen LogP contribution < -0.4 is 4.74 Å².